The van der Waals surface area contributed by atoms with E-state index < -0.39 is 29.1 Å². The minimum absolute atomic E-state index is 0.0118. The van der Waals surface area contributed by atoms with Crippen molar-refractivity contribution in [2.75, 3.05) is 20.6 Å². The van der Waals surface area contributed by atoms with Crippen LogP contribution in [0.15, 0.2) is 0 Å². The van der Waals surface area contributed by atoms with E-state index in [4.69, 9.17) is 4.74 Å². The average molecular weight is 314 g/mol. The van der Waals surface area contributed by atoms with Crippen molar-refractivity contribution in [2.24, 2.45) is 5.41 Å². The molecular formula is C15H26N2O5. The molecule has 0 aromatic rings. The average Bonchev–Trinajstić information content (AvgIpc) is 2.77. The predicted octanol–water partition coefficient (Wildman–Crippen LogP) is 1.56. The van der Waals surface area contributed by atoms with Crippen LogP contribution in [0.1, 0.15) is 40.5 Å². The molecule has 0 aliphatic carbocycles. The van der Waals surface area contributed by atoms with Gasteiger partial charge < -0.3 is 14.7 Å². The Hall–Kier alpha value is -1.79. The molecule has 1 rings (SSSR count). The number of hydrogen-bond acceptors (Lipinski definition) is 4. The molecule has 1 aliphatic rings. The molecule has 0 radical (unpaired) electrons. The number of nitrogens with zero attached hydrogens (tertiary/aromatic N) is 2. The Kier molecular flexibility index (Phi) is 5.10. The van der Waals surface area contributed by atoms with Crippen LogP contribution in [-0.4, -0.2) is 65.2 Å². The summed E-state index contributed by atoms with van der Waals surface area (Å²) in [4.78, 5) is 38.6. The highest BCUT2D eigenvalue weighted by Crippen LogP contribution is 2.45. The molecule has 0 bridgehead atoms. The first kappa shape index (κ1) is 18.3. The second-order valence-corrected chi connectivity index (χ2v) is 6.87. The minimum Gasteiger partial charge on any atom is -0.465 e. The number of amides is 2. The summed E-state index contributed by atoms with van der Waals surface area (Å²) in [5.74, 6) is -0.685. The van der Waals surface area contributed by atoms with Crippen LogP contribution in [0.4, 0.5) is 4.79 Å². The minimum atomic E-state index is -1.25. The number of carboxylic acid groups (broad SMARTS) is 1. The van der Waals surface area contributed by atoms with Gasteiger partial charge >= 0.3 is 12.1 Å². The van der Waals surface area contributed by atoms with E-state index in [1.165, 1.54) is 4.90 Å². The zero-order valence-electron chi connectivity index (χ0n) is 14.2. The zero-order valence-corrected chi connectivity index (χ0v) is 14.2. The molecule has 1 saturated heterocycles. The van der Waals surface area contributed by atoms with Gasteiger partial charge in [-0.25, -0.2) is 4.79 Å². The third-order valence-corrected chi connectivity index (χ3v) is 4.19. The first-order valence-electron chi connectivity index (χ1n) is 7.39. The monoisotopic (exact) mass is 314 g/mol. The van der Waals surface area contributed by atoms with Gasteiger partial charge in [0.1, 0.15) is 11.6 Å². The van der Waals surface area contributed by atoms with Crippen molar-refractivity contribution in [1.29, 1.82) is 0 Å². The lowest BCUT2D eigenvalue weighted by atomic mass is 9.70. The Morgan fingerprint density at radius 3 is 2.23 bits per heavy atom. The molecule has 22 heavy (non-hydrogen) atoms. The van der Waals surface area contributed by atoms with Crippen molar-refractivity contribution < 1.29 is 24.2 Å². The number of likely N-dealkylation sites (N-methyl/N-ethyl adjacent to an activating group) is 1. The number of esters is 1. The lowest BCUT2D eigenvalue weighted by Gasteiger charge is -2.46. The summed E-state index contributed by atoms with van der Waals surface area (Å²) in [5.41, 5.74) is -1.89. The summed E-state index contributed by atoms with van der Waals surface area (Å²) in [7, 11) is 3.20. The SMILES string of the molecule is CCC(=O)O[C@H]1CN(C(=O)O)[C@](C(=O)N(C)C)(C(C)(C)C)C1. The number of carbonyl (C=O) groups is 3. The van der Waals surface area contributed by atoms with Gasteiger partial charge in [0.2, 0.25) is 5.91 Å². The fourth-order valence-electron chi connectivity index (χ4n) is 3.06. The second-order valence-electron chi connectivity index (χ2n) is 6.87. The molecule has 1 aliphatic heterocycles. The van der Waals surface area contributed by atoms with E-state index in [9.17, 15) is 19.5 Å². The maximum atomic E-state index is 12.8. The summed E-state index contributed by atoms with van der Waals surface area (Å²) in [6, 6.07) is 0. The third kappa shape index (κ3) is 3.03. The Labute approximate surface area is 131 Å². The van der Waals surface area contributed by atoms with Crippen LogP contribution in [0, 0.1) is 5.41 Å². The highest BCUT2D eigenvalue weighted by Gasteiger charge is 2.61. The van der Waals surface area contributed by atoms with Crippen molar-refractivity contribution in [3.8, 4) is 0 Å². The van der Waals surface area contributed by atoms with E-state index in [-0.39, 0.29) is 25.3 Å². The fourth-order valence-corrected chi connectivity index (χ4v) is 3.06. The van der Waals surface area contributed by atoms with Crippen LogP contribution < -0.4 is 0 Å². The van der Waals surface area contributed by atoms with Crippen molar-refractivity contribution in [2.45, 2.75) is 52.2 Å². The zero-order chi connectivity index (χ0) is 17.3. The van der Waals surface area contributed by atoms with Gasteiger partial charge in [0.25, 0.3) is 0 Å². The normalized spacial score (nSPS) is 25.0. The molecular weight excluding hydrogens is 288 g/mol. The second kappa shape index (κ2) is 6.14. The molecule has 1 heterocycles. The summed E-state index contributed by atoms with van der Waals surface area (Å²) in [6.07, 6.45) is -1.40. The van der Waals surface area contributed by atoms with E-state index in [1.807, 2.05) is 20.8 Å². The first-order chi connectivity index (χ1) is 9.97. The number of ether oxygens (including phenoxy) is 1. The van der Waals surface area contributed by atoms with Crippen molar-refractivity contribution in [3.05, 3.63) is 0 Å². The highest BCUT2D eigenvalue weighted by atomic mass is 16.5. The van der Waals surface area contributed by atoms with Gasteiger partial charge in [-0.1, -0.05) is 27.7 Å². The lowest BCUT2D eigenvalue weighted by molar-refractivity contribution is -0.150. The molecule has 0 aromatic carbocycles. The van der Waals surface area contributed by atoms with Gasteiger partial charge in [-0.3, -0.25) is 14.5 Å². The van der Waals surface area contributed by atoms with Gasteiger partial charge in [-0.05, 0) is 5.41 Å². The van der Waals surface area contributed by atoms with Crippen LogP contribution >= 0.6 is 0 Å². The molecule has 126 valence electrons. The summed E-state index contributed by atoms with van der Waals surface area (Å²) >= 11 is 0. The highest BCUT2D eigenvalue weighted by molar-refractivity contribution is 5.91. The lowest BCUT2D eigenvalue weighted by Crippen LogP contribution is -2.63. The first-order valence-corrected chi connectivity index (χ1v) is 7.39. The molecule has 7 nitrogen and oxygen atoms in total. The molecule has 1 N–H and O–H groups in total. The maximum absolute atomic E-state index is 12.8. The van der Waals surface area contributed by atoms with Crippen LogP contribution in [-0.2, 0) is 14.3 Å². The van der Waals surface area contributed by atoms with Gasteiger partial charge in [-0.2, -0.15) is 0 Å². The topological polar surface area (TPSA) is 87.1 Å². The van der Waals surface area contributed by atoms with Crippen LogP contribution in [0.2, 0.25) is 0 Å². The number of likely N-dealkylation sites (tertiary alicyclic amines) is 1. The van der Waals surface area contributed by atoms with E-state index in [2.05, 4.69) is 0 Å². The number of hydrogen-bond donors (Lipinski definition) is 1. The van der Waals surface area contributed by atoms with E-state index in [1.54, 1.807) is 21.0 Å². The van der Waals surface area contributed by atoms with Crippen LogP contribution in [0.3, 0.4) is 0 Å². The van der Waals surface area contributed by atoms with Crippen LogP contribution in [0.5, 0.6) is 0 Å². The van der Waals surface area contributed by atoms with E-state index >= 15 is 0 Å². The number of carbonyl (C=O) groups excluding carboxylic acids is 2. The third-order valence-electron chi connectivity index (χ3n) is 4.19. The summed E-state index contributed by atoms with van der Waals surface area (Å²) < 4.78 is 5.31. The smallest absolute Gasteiger partial charge is 0.408 e. The molecule has 0 saturated carbocycles. The van der Waals surface area contributed by atoms with Crippen molar-refractivity contribution >= 4 is 18.0 Å². The molecule has 2 amide bonds. The molecule has 1 fully saturated rings. The fraction of sp³-hybridized carbons (Fsp3) is 0.800. The maximum Gasteiger partial charge on any atom is 0.408 e. The Morgan fingerprint density at radius 1 is 1.32 bits per heavy atom. The standard InChI is InChI=1S/C15H26N2O5/c1-7-11(18)22-10-8-15(14(2,3)4,12(19)16(5)6)17(9-10)13(20)21/h10H,7-9H2,1-6H3,(H,20,21)/t10-,15-/m1/s1. The van der Waals surface area contributed by atoms with Gasteiger partial charge in [0.05, 0.1) is 6.54 Å². The molecule has 7 heteroatoms. The summed E-state index contributed by atoms with van der Waals surface area (Å²) in [5, 5.41) is 9.57. The number of rotatable bonds is 3. The predicted molar refractivity (Wildman–Crippen MR) is 80.4 cm³/mol. The van der Waals surface area contributed by atoms with E-state index in [0.29, 0.717) is 0 Å². The van der Waals surface area contributed by atoms with Crippen LogP contribution in [0.25, 0.3) is 0 Å². The van der Waals surface area contributed by atoms with E-state index in [0.717, 1.165) is 4.90 Å². The molecule has 0 unspecified atom stereocenters. The van der Waals surface area contributed by atoms with Crippen molar-refractivity contribution in [3.63, 3.8) is 0 Å². The van der Waals surface area contributed by atoms with Gasteiger partial charge in [-0.15, -0.1) is 0 Å². The quantitative estimate of drug-likeness (QED) is 0.799. The van der Waals surface area contributed by atoms with Crippen molar-refractivity contribution in [1.82, 2.24) is 9.80 Å². The summed E-state index contributed by atoms with van der Waals surface area (Å²) in [6.45, 7) is 7.17. The Morgan fingerprint density at radius 2 is 1.86 bits per heavy atom. The van der Waals surface area contributed by atoms with Gasteiger partial charge in [0.15, 0.2) is 0 Å². The molecule has 2 atom stereocenters. The molecule has 0 spiro atoms. The Balaban J connectivity index is 3.29. The molecule has 0 aromatic heterocycles. The Bertz CT molecular complexity index is 469. The largest absolute Gasteiger partial charge is 0.465 e. The van der Waals surface area contributed by atoms with Gasteiger partial charge in [0, 0.05) is 26.9 Å².